The fourth-order valence-corrected chi connectivity index (χ4v) is 4.28. The molecule has 0 radical (unpaired) electrons. The van der Waals surface area contributed by atoms with Gasteiger partial charge in [-0.15, -0.1) is 0 Å². The summed E-state index contributed by atoms with van der Waals surface area (Å²) in [4.78, 5) is 11.8. The highest BCUT2D eigenvalue weighted by Crippen LogP contribution is 2.21. The molecule has 6 nitrogen and oxygen atoms in total. The second-order valence-electron chi connectivity index (χ2n) is 5.53. The molecule has 2 aromatic rings. The number of carbonyl (C=O) groups excluding carboxylic acids is 1. The number of nitrogens with one attached hydrogen (secondary N) is 1. The van der Waals surface area contributed by atoms with Crippen LogP contribution in [-0.4, -0.2) is 37.5 Å². The Hall–Kier alpha value is -1.64. The van der Waals surface area contributed by atoms with Crippen molar-refractivity contribution in [3.8, 4) is 0 Å². The van der Waals surface area contributed by atoms with E-state index < -0.39 is 15.9 Å². The summed E-state index contributed by atoms with van der Waals surface area (Å²) in [6.45, 7) is 0.896. The predicted molar refractivity (Wildman–Crippen MR) is 93.1 cm³/mol. The van der Waals surface area contributed by atoms with Crippen LogP contribution in [0.3, 0.4) is 0 Å². The summed E-state index contributed by atoms with van der Waals surface area (Å²) in [7, 11) is -3.42. The first-order chi connectivity index (χ1) is 11.5. The number of benzene rings is 1. The molecule has 0 saturated heterocycles. The molecule has 1 aliphatic heterocycles. The Morgan fingerprint density at radius 2 is 1.96 bits per heavy atom. The van der Waals surface area contributed by atoms with E-state index in [2.05, 4.69) is 21.2 Å². The Kier molecular flexibility index (Phi) is 5.07. The Balaban J connectivity index is 1.56. The summed E-state index contributed by atoms with van der Waals surface area (Å²) in [6, 6.07) is 11.0. The zero-order valence-corrected chi connectivity index (χ0v) is 15.3. The fraction of sp³-hybridized carbons (Fsp3) is 0.312. The van der Waals surface area contributed by atoms with Crippen LogP contribution in [0.15, 0.2) is 45.5 Å². The molecule has 1 aromatic carbocycles. The summed E-state index contributed by atoms with van der Waals surface area (Å²) in [5, 5.41) is 2.57. The van der Waals surface area contributed by atoms with Gasteiger partial charge in [0, 0.05) is 19.6 Å². The molecule has 0 saturated carbocycles. The molecule has 24 heavy (non-hydrogen) atoms. The van der Waals surface area contributed by atoms with Gasteiger partial charge >= 0.3 is 0 Å². The van der Waals surface area contributed by atoms with E-state index in [1.807, 2.05) is 24.3 Å². The number of halogens is 1. The lowest BCUT2D eigenvalue weighted by molar-refractivity contribution is 0.0927. The third-order valence-corrected chi connectivity index (χ3v) is 6.18. The third-order valence-electron chi connectivity index (χ3n) is 3.93. The number of amides is 1. The lowest BCUT2D eigenvalue weighted by atomic mass is 10.0. The first kappa shape index (κ1) is 17.2. The Labute approximate surface area is 149 Å². The minimum atomic E-state index is -3.42. The van der Waals surface area contributed by atoms with E-state index in [1.54, 1.807) is 6.07 Å². The molecule has 0 aliphatic carbocycles. The van der Waals surface area contributed by atoms with Crippen molar-refractivity contribution in [2.75, 3.05) is 18.8 Å². The normalized spacial score (nSPS) is 15.0. The van der Waals surface area contributed by atoms with Gasteiger partial charge in [-0.05, 0) is 45.6 Å². The maximum atomic E-state index is 12.5. The summed E-state index contributed by atoms with van der Waals surface area (Å²) >= 11 is 3.12. The molecule has 8 heteroatoms. The van der Waals surface area contributed by atoms with Crippen molar-refractivity contribution in [1.82, 2.24) is 9.62 Å². The van der Waals surface area contributed by atoms with Crippen molar-refractivity contribution in [2.24, 2.45) is 0 Å². The molecule has 0 bridgehead atoms. The van der Waals surface area contributed by atoms with E-state index >= 15 is 0 Å². The maximum Gasteiger partial charge on any atom is 0.287 e. The van der Waals surface area contributed by atoms with Crippen molar-refractivity contribution in [1.29, 1.82) is 0 Å². The molecular weight excluding hydrogens is 396 g/mol. The molecule has 2 heterocycles. The molecule has 128 valence electrons. The van der Waals surface area contributed by atoms with Crippen LogP contribution >= 0.6 is 15.9 Å². The van der Waals surface area contributed by atoms with Crippen LogP contribution in [0, 0.1) is 0 Å². The van der Waals surface area contributed by atoms with Crippen LogP contribution in [0.5, 0.6) is 0 Å². The van der Waals surface area contributed by atoms with E-state index in [1.165, 1.54) is 15.9 Å². The van der Waals surface area contributed by atoms with Gasteiger partial charge in [0.1, 0.15) is 0 Å². The Bertz CT molecular complexity index is 847. The highest BCUT2D eigenvalue weighted by atomic mass is 79.9. The van der Waals surface area contributed by atoms with Gasteiger partial charge in [-0.25, -0.2) is 8.42 Å². The average molecular weight is 413 g/mol. The van der Waals surface area contributed by atoms with E-state index in [4.69, 9.17) is 4.42 Å². The van der Waals surface area contributed by atoms with E-state index in [-0.39, 0.29) is 18.1 Å². The van der Waals surface area contributed by atoms with Gasteiger partial charge in [-0.3, -0.25) is 4.79 Å². The van der Waals surface area contributed by atoms with Crippen LogP contribution < -0.4 is 5.32 Å². The summed E-state index contributed by atoms with van der Waals surface area (Å²) in [6.07, 6.45) is 0.711. The SMILES string of the molecule is O=C(NCCS(=O)(=O)N1CCc2ccccc2C1)c1ccc(Br)o1. The van der Waals surface area contributed by atoms with Gasteiger partial charge in [0.15, 0.2) is 10.4 Å². The quantitative estimate of drug-likeness (QED) is 0.815. The number of sulfonamides is 1. The van der Waals surface area contributed by atoms with Crippen LogP contribution in [-0.2, 0) is 23.0 Å². The molecule has 0 fully saturated rings. The van der Waals surface area contributed by atoms with E-state index in [0.717, 1.165) is 5.56 Å². The highest BCUT2D eigenvalue weighted by Gasteiger charge is 2.26. The molecular formula is C16H17BrN2O4S. The average Bonchev–Trinajstić information content (AvgIpc) is 3.01. The molecule has 1 N–H and O–H groups in total. The van der Waals surface area contributed by atoms with Crippen molar-refractivity contribution in [3.63, 3.8) is 0 Å². The molecule has 0 unspecified atom stereocenters. The first-order valence-electron chi connectivity index (χ1n) is 7.54. The number of furan rings is 1. The van der Waals surface area contributed by atoms with Crippen molar-refractivity contribution in [2.45, 2.75) is 13.0 Å². The highest BCUT2D eigenvalue weighted by molar-refractivity contribution is 9.10. The standard InChI is InChI=1S/C16H17BrN2O4S/c17-15-6-5-14(23-15)16(20)18-8-10-24(21,22)19-9-7-12-3-1-2-4-13(12)11-19/h1-6H,7-11H2,(H,18,20). The Morgan fingerprint density at radius 3 is 2.67 bits per heavy atom. The molecule has 1 aliphatic rings. The van der Waals surface area contributed by atoms with Gasteiger partial charge in [0.05, 0.1) is 5.75 Å². The minimum absolute atomic E-state index is 0.0393. The van der Waals surface area contributed by atoms with Crippen LogP contribution in [0.25, 0.3) is 0 Å². The fourth-order valence-electron chi connectivity index (χ4n) is 2.65. The third kappa shape index (κ3) is 3.88. The van der Waals surface area contributed by atoms with Crippen molar-refractivity contribution >= 4 is 31.9 Å². The summed E-state index contributed by atoms with van der Waals surface area (Å²) < 4.78 is 32.0. The molecule has 0 atom stereocenters. The smallest absolute Gasteiger partial charge is 0.287 e. The number of hydrogen-bond acceptors (Lipinski definition) is 4. The summed E-state index contributed by atoms with van der Waals surface area (Å²) in [5.41, 5.74) is 2.23. The predicted octanol–water partition coefficient (Wildman–Crippen LogP) is 2.16. The number of carbonyl (C=O) groups is 1. The van der Waals surface area contributed by atoms with Crippen molar-refractivity contribution in [3.05, 3.63) is 58.0 Å². The largest absolute Gasteiger partial charge is 0.444 e. The zero-order chi connectivity index (χ0) is 17.2. The molecule has 3 rings (SSSR count). The second kappa shape index (κ2) is 7.08. The number of hydrogen-bond donors (Lipinski definition) is 1. The van der Waals surface area contributed by atoms with Crippen LogP contribution in [0.1, 0.15) is 21.7 Å². The van der Waals surface area contributed by atoms with E-state index in [0.29, 0.717) is 24.2 Å². The van der Waals surface area contributed by atoms with Gasteiger partial charge in [-0.1, -0.05) is 24.3 Å². The minimum Gasteiger partial charge on any atom is -0.444 e. The monoisotopic (exact) mass is 412 g/mol. The Morgan fingerprint density at radius 1 is 1.21 bits per heavy atom. The van der Waals surface area contributed by atoms with Gasteiger partial charge in [0.2, 0.25) is 10.0 Å². The van der Waals surface area contributed by atoms with Crippen molar-refractivity contribution < 1.29 is 17.6 Å². The van der Waals surface area contributed by atoms with Gasteiger partial charge in [0.25, 0.3) is 5.91 Å². The number of nitrogens with zero attached hydrogens (tertiary/aromatic N) is 1. The van der Waals surface area contributed by atoms with Crippen LogP contribution in [0.2, 0.25) is 0 Å². The van der Waals surface area contributed by atoms with Gasteiger partial charge < -0.3 is 9.73 Å². The first-order valence-corrected chi connectivity index (χ1v) is 9.94. The molecule has 1 aromatic heterocycles. The van der Waals surface area contributed by atoms with Crippen LogP contribution in [0.4, 0.5) is 0 Å². The summed E-state index contributed by atoms with van der Waals surface area (Å²) in [5.74, 6) is -0.422. The lowest BCUT2D eigenvalue weighted by Gasteiger charge is -2.28. The number of fused-ring (bicyclic) bond motifs is 1. The molecule has 1 amide bonds. The maximum absolute atomic E-state index is 12.5. The lowest BCUT2D eigenvalue weighted by Crippen LogP contribution is -2.40. The topological polar surface area (TPSA) is 79.6 Å². The van der Waals surface area contributed by atoms with E-state index in [9.17, 15) is 13.2 Å². The zero-order valence-electron chi connectivity index (χ0n) is 12.9. The number of rotatable bonds is 5. The second-order valence-corrected chi connectivity index (χ2v) is 8.40. The van der Waals surface area contributed by atoms with Gasteiger partial charge in [-0.2, -0.15) is 4.31 Å². The molecule has 0 spiro atoms.